The van der Waals surface area contributed by atoms with Crippen LogP contribution in [-0.2, 0) is 0 Å². The number of halogens is 2. The first-order chi connectivity index (χ1) is 10.6. The molecule has 0 fully saturated rings. The van der Waals surface area contributed by atoms with Crippen LogP contribution in [0.15, 0.2) is 48.6 Å². The van der Waals surface area contributed by atoms with Crippen LogP contribution in [0.1, 0.15) is 11.1 Å². The number of ether oxygens (including phenoxy) is 2. The maximum Gasteiger partial charge on any atom is 0.122 e. The fraction of sp³-hybridized carbons (Fsp3) is 0.222. The van der Waals surface area contributed by atoms with Crippen LogP contribution >= 0.6 is 23.2 Å². The van der Waals surface area contributed by atoms with E-state index in [1.165, 1.54) is 0 Å². The van der Waals surface area contributed by atoms with Gasteiger partial charge in [-0.2, -0.15) is 0 Å². The quantitative estimate of drug-likeness (QED) is 0.637. The second kappa shape index (κ2) is 8.11. The molecule has 0 aliphatic heterocycles. The standard InChI is InChI=1S/C18H18Cl2O2/c1-13-11-15(19)5-7-17(13)21-9-3-4-10-22-18-8-6-16(20)12-14(18)2/h3-8,11-12H,9-10H2,1-2H3/b4-3-. The van der Waals surface area contributed by atoms with Crippen molar-refractivity contribution in [1.82, 2.24) is 0 Å². The summed E-state index contributed by atoms with van der Waals surface area (Å²) >= 11 is 11.8. The summed E-state index contributed by atoms with van der Waals surface area (Å²) in [6.07, 6.45) is 3.86. The molecule has 0 saturated carbocycles. The zero-order valence-electron chi connectivity index (χ0n) is 12.6. The lowest BCUT2D eigenvalue weighted by Gasteiger charge is -2.08. The first-order valence-electron chi connectivity index (χ1n) is 6.99. The van der Waals surface area contributed by atoms with Gasteiger partial charge in [0.25, 0.3) is 0 Å². The van der Waals surface area contributed by atoms with Crippen LogP contribution in [0.3, 0.4) is 0 Å². The fourth-order valence-electron chi connectivity index (χ4n) is 1.96. The summed E-state index contributed by atoms with van der Waals surface area (Å²) in [5, 5.41) is 1.43. The number of rotatable bonds is 6. The van der Waals surface area contributed by atoms with Gasteiger partial charge in [-0.1, -0.05) is 23.2 Å². The summed E-state index contributed by atoms with van der Waals surface area (Å²) in [5.41, 5.74) is 2.04. The van der Waals surface area contributed by atoms with E-state index in [1.54, 1.807) is 0 Å². The van der Waals surface area contributed by atoms with Gasteiger partial charge in [0, 0.05) is 10.0 Å². The average molecular weight is 337 g/mol. The third kappa shape index (κ3) is 4.97. The molecule has 116 valence electrons. The summed E-state index contributed by atoms with van der Waals surface area (Å²) in [6, 6.07) is 11.2. The third-order valence-corrected chi connectivity index (χ3v) is 3.58. The minimum atomic E-state index is 0.492. The van der Waals surface area contributed by atoms with Crippen molar-refractivity contribution in [3.05, 3.63) is 69.7 Å². The molecular formula is C18H18Cl2O2. The molecule has 2 aromatic carbocycles. The fourth-order valence-corrected chi connectivity index (χ4v) is 2.41. The Balaban J connectivity index is 1.76. The maximum absolute atomic E-state index is 5.91. The highest BCUT2D eigenvalue weighted by Crippen LogP contribution is 2.22. The second-order valence-electron chi connectivity index (χ2n) is 4.91. The highest BCUT2D eigenvalue weighted by Gasteiger charge is 2.00. The van der Waals surface area contributed by atoms with Crippen molar-refractivity contribution >= 4 is 23.2 Å². The molecule has 2 nitrogen and oxygen atoms in total. The van der Waals surface area contributed by atoms with Gasteiger partial charge in [0.1, 0.15) is 24.7 Å². The Morgan fingerprint density at radius 2 is 1.18 bits per heavy atom. The maximum atomic E-state index is 5.91. The smallest absolute Gasteiger partial charge is 0.122 e. The van der Waals surface area contributed by atoms with E-state index >= 15 is 0 Å². The summed E-state index contributed by atoms with van der Waals surface area (Å²) in [6.45, 7) is 4.92. The third-order valence-electron chi connectivity index (χ3n) is 3.11. The molecule has 0 aliphatic carbocycles. The van der Waals surface area contributed by atoms with Crippen molar-refractivity contribution in [2.45, 2.75) is 13.8 Å². The molecular weight excluding hydrogens is 319 g/mol. The monoisotopic (exact) mass is 336 g/mol. The predicted molar refractivity (Wildman–Crippen MR) is 92.5 cm³/mol. The lowest BCUT2D eigenvalue weighted by molar-refractivity contribution is 0.348. The average Bonchev–Trinajstić information content (AvgIpc) is 2.46. The number of hydrogen-bond acceptors (Lipinski definition) is 2. The topological polar surface area (TPSA) is 18.5 Å². The molecule has 0 atom stereocenters. The van der Waals surface area contributed by atoms with E-state index in [1.807, 2.05) is 62.4 Å². The molecule has 4 heteroatoms. The molecule has 0 unspecified atom stereocenters. The van der Waals surface area contributed by atoms with Crippen molar-refractivity contribution in [1.29, 1.82) is 0 Å². The van der Waals surface area contributed by atoms with E-state index in [0.29, 0.717) is 23.3 Å². The molecule has 0 spiro atoms. The van der Waals surface area contributed by atoms with E-state index in [4.69, 9.17) is 32.7 Å². The summed E-state index contributed by atoms with van der Waals surface area (Å²) in [7, 11) is 0. The Kier molecular flexibility index (Phi) is 6.17. The summed E-state index contributed by atoms with van der Waals surface area (Å²) in [4.78, 5) is 0. The van der Waals surface area contributed by atoms with Gasteiger partial charge < -0.3 is 9.47 Å². The van der Waals surface area contributed by atoms with Crippen LogP contribution in [0.5, 0.6) is 11.5 Å². The lowest BCUT2D eigenvalue weighted by Crippen LogP contribution is -1.98. The van der Waals surface area contributed by atoms with Crippen LogP contribution in [0.2, 0.25) is 10.0 Å². The van der Waals surface area contributed by atoms with Crippen LogP contribution in [0.4, 0.5) is 0 Å². The molecule has 2 rings (SSSR count). The second-order valence-corrected chi connectivity index (χ2v) is 5.79. The Labute approximate surface area is 141 Å². The van der Waals surface area contributed by atoms with Crippen LogP contribution in [-0.4, -0.2) is 13.2 Å². The van der Waals surface area contributed by atoms with E-state index in [0.717, 1.165) is 22.6 Å². The lowest BCUT2D eigenvalue weighted by atomic mass is 10.2. The summed E-state index contributed by atoms with van der Waals surface area (Å²) in [5.74, 6) is 1.67. The first-order valence-corrected chi connectivity index (χ1v) is 7.75. The van der Waals surface area contributed by atoms with Gasteiger partial charge in [-0.05, 0) is 73.5 Å². The molecule has 0 aromatic heterocycles. The van der Waals surface area contributed by atoms with Crippen molar-refractivity contribution in [2.24, 2.45) is 0 Å². The van der Waals surface area contributed by atoms with Crippen LogP contribution in [0, 0.1) is 13.8 Å². The summed E-state index contributed by atoms with van der Waals surface area (Å²) < 4.78 is 11.3. The molecule has 0 aliphatic rings. The van der Waals surface area contributed by atoms with Gasteiger partial charge >= 0.3 is 0 Å². The Hall–Kier alpha value is -1.64. The number of aryl methyl sites for hydroxylation is 2. The van der Waals surface area contributed by atoms with E-state index in [-0.39, 0.29) is 0 Å². The van der Waals surface area contributed by atoms with E-state index in [9.17, 15) is 0 Å². The SMILES string of the molecule is Cc1cc(Cl)ccc1OC/C=C\COc1ccc(Cl)cc1C. The van der Waals surface area contributed by atoms with Gasteiger partial charge in [0.2, 0.25) is 0 Å². The minimum Gasteiger partial charge on any atom is -0.489 e. The molecule has 2 aromatic rings. The molecule has 0 amide bonds. The highest BCUT2D eigenvalue weighted by atomic mass is 35.5. The Bertz CT molecular complexity index is 609. The zero-order valence-corrected chi connectivity index (χ0v) is 14.1. The van der Waals surface area contributed by atoms with Crippen LogP contribution in [0.25, 0.3) is 0 Å². The Morgan fingerprint density at radius 3 is 1.55 bits per heavy atom. The normalized spacial score (nSPS) is 10.9. The van der Waals surface area contributed by atoms with Crippen molar-refractivity contribution in [2.75, 3.05) is 13.2 Å². The van der Waals surface area contributed by atoms with Crippen molar-refractivity contribution < 1.29 is 9.47 Å². The first kappa shape index (κ1) is 16.7. The molecule has 0 heterocycles. The minimum absolute atomic E-state index is 0.492. The molecule has 0 radical (unpaired) electrons. The van der Waals surface area contributed by atoms with Gasteiger partial charge in [0.15, 0.2) is 0 Å². The number of benzene rings is 2. The van der Waals surface area contributed by atoms with Gasteiger partial charge in [0.05, 0.1) is 0 Å². The highest BCUT2D eigenvalue weighted by molar-refractivity contribution is 6.30. The molecule has 22 heavy (non-hydrogen) atoms. The predicted octanol–water partition coefficient (Wildman–Crippen LogP) is 5.62. The van der Waals surface area contributed by atoms with Gasteiger partial charge in [-0.3, -0.25) is 0 Å². The largest absolute Gasteiger partial charge is 0.489 e. The van der Waals surface area contributed by atoms with Crippen molar-refractivity contribution in [3.8, 4) is 11.5 Å². The number of hydrogen-bond donors (Lipinski definition) is 0. The Morgan fingerprint density at radius 1 is 0.773 bits per heavy atom. The molecule has 0 N–H and O–H groups in total. The zero-order chi connectivity index (χ0) is 15.9. The van der Waals surface area contributed by atoms with Gasteiger partial charge in [-0.15, -0.1) is 0 Å². The van der Waals surface area contributed by atoms with E-state index < -0.39 is 0 Å². The van der Waals surface area contributed by atoms with Crippen LogP contribution < -0.4 is 9.47 Å². The molecule has 0 bridgehead atoms. The van der Waals surface area contributed by atoms with Crippen molar-refractivity contribution in [3.63, 3.8) is 0 Å². The molecule has 0 saturated heterocycles. The van der Waals surface area contributed by atoms with Gasteiger partial charge in [-0.25, -0.2) is 0 Å². The van der Waals surface area contributed by atoms with E-state index in [2.05, 4.69) is 0 Å².